The van der Waals surface area contributed by atoms with E-state index in [9.17, 15) is 8.42 Å². The van der Waals surface area contributed by atoms with Gasteiger partial charge in [0.15, 0.2) is 0 Å². The summed E-state index contributed by atoms with van der Waals surface area (Å²) in [7, 11) is -2.04. The van der Waals surface area contributed by atoms with Crippen molar-refractivity contribution in [2.45, 2.75) is 30.6 Å². The summed E-state index contributed by atoms with van der Waals surface area (Å²) in [5.74, 6) is 0.684. The topological polar surface area (TPSA) is 62.4 Å². The summed E-state index contributed by atoms with van der Waals surface area (Å²) in [6.07, 6.45) is 4.18. The van der Waals surface area contributed by atoms with Gasteiger partial charge >= 0.3 is 10.1 Å². The molecular weight excluding hydrogens is 431 g/mol. The van der Waals surface area contributed by atoms with Crippen LogP contribution >= 0.6 is 23.2 Å². The molecule has 1 aliphatic rings. The molecule has 1 saturated heterocycles. The van der Waals surface area contributed by atoms with Gasteiger partial charge in [-0.2, -0.15) is 8.42 Å². The van der Waals surface area contributed by atoms with Crippen molar-refractivity contribution in [2.24, 2.45) is 0 Å². The average molecular weight is 453 g/mol. The van der Waals surface area contributed by atoms with Gasteiger partial charge < -0.3 is 14.1 Å². The Morgan fingerprint density at radius 3 is 2.45 bits per heavy atom. The maximum Gasteiger partial charge on any atom is 0.342 e. The largest absolute Gasteiger partial charge is 0.379 e. The van der Waals surface area contributed by atoms with Crippen molar-refractivity contribution in [3.8, 4) is 5.75 Å². The van der Waals surface area contributed by atoms with E-state index in [0.717, 1.165) is 42.4 Å². The minimum atomic E-state index is -4.17. The third-order valence-electron chi connectivity index (χ3n) is 5.53. The second kappa shape index (κ2) is 7.84. The van der Waals surface area contributed by atoms with Gasteiger partial charge in [-0.25, -0.2) is 0 Å². The molecule has 0 aliphatic carbocycles. The summed E-state index contributed by atoms with van der Waals surface area (Å²) in [5.41, 5.74) is 3.12. The van der Waals surface area contributed by atoms with E-state index in [1.807, 2.05) is 13.1 Å². The number of hydrogen-bond acceptors (Lipinski definition) is 4. The van der Waals surface area contributed by atoms with Crippen molar-refractivity contribution < 1.29 is 12.6 Å². The van der Waals surface area contributed by atoms with E-state index < -0.39 is 10.1 Å². The number of likely N-dealkylation sites (tertiary alicyclic amines) is 1. The van der Waals surface area contributed by atoms with E-state index in [0.29, 0.717) is 5.92 Å². The summed E-state index contributed by atoms with van der Waals surface area (Å²) < 4.78 is 31.1. The van der Waals surface area contributed by atoms with Gasteiger partial charge in [0.1, 0.15) is 10.6 Å². The van der Waals surface area contributed by atoms with E-state index >= 15 is 0 Å². The number of H-pyrrole nitrogens is 1. The van der Waals surface area contributed by atoms with E-state index in [1.165, 1.54) is 17.7 Å². The van der Waals surface area contributed by atoms with Crippen LogP contribution in [0.2, 0.25) is 10.0 Å². The van der Waals surface area contributed by atoms with E-state index in [4.69, 9.17) is 27.4 Å². The Morgan fingerprint density at radius 1 is 1.14 bits per heavy atom. The zero-order valence-electron chi connectivity index (χ0n) is 16.2. The zero-order valence-corrected chi connectivity index (χ0v) is 18.5. The first-order valence-electron chi connectivity index (χ1n) is 9.45. The Hall–Kier alpha value is -1.73. The Balaban J connectivity index is 1.72. The number of halogens is 2. The minimum Gasteiger partial charge on any atom is -0.379 e. The molecule has 29 heavy (non-hydrogen) atoms. The van der Waals surface area contributed by atoms with Gasteiger partial charge in [0.05, 0.1) is 10.0 Å². The van der Waals surface area contributed by atoms with Gasteiger partial charge in [0.25, 0.3) is 0 Å². The lowest BCUT2D eigenvalue weighted by Gasteiger charge is -2.28. The molecular formula is C21H22Cl2N2O3S. The quantitative estimate of drug-likeness (QED) is 0.541. The van der Waals surface area contributed by atoms with Crippen LogP contribution in [-0.2, 0) is 10.1 Å². The molecule has 1 N–H and O–H groups in total. The zero-order chi connectivity index (χ0) is 20.8. The lowest BCUT2D eigenvalue weighted by atomic mass is 9.89. The van der Waals surface area contributed by atoms with Crippen LogP contribution in [0.1, 0.15) is 29.9 Å². The van der Waals surface area contributed by atoms with Gasteiger partial charge in [0.2, 0.25) is 0 Å². The predicted octanol–water partition coefficient (Wildman–Crippen LogP) is 5.36. The molecule has 1 aliphatic heterocycles. The first kappa shape index (κ1) is 20.5. The van der Waals surface area contributed by atoms with Crippen LogP contribution in [0.25, 0.3) is 10.9 Å². The molecule has 0 radical (unpaired) electrons. The fourth-order valence-corrected chi connectivity index (χ4v) is 6.01. The summed E-state index contributed by atoms with van der Waals surface area (Å²) in [4.78, 5) is 5.45. The number of nitrogens with zero attached hydrogens (tertiary/aromatic N) is 1. The molecule has 0 saturated carbocycles. The van der Waals surface area contributed by atoms with Gasteiger partial charge in [-0.1, -0.05) is 29.3 Å². The lowest BCUT2D eigenvalue weighted by Crippen LogP contribution is -2.29. The number of aryl methyl sites for hydroxylation is 1. The number of fused-ring (bicyclic) bond motifs is 1. The molecule has 154 valence electrons. The standard InChI is InChI=1S/C21H22Cl2N2O3S/c1-13-10-15(28-29(26,27)21-18(22)4-3-5-19(21)23)11-16-17(12-24-20(13)16)14-6-8-25(2)9-7-14/h3-5,10-12,14,24H,6-9H2,1-2H3. The first-order valence-corrected chi connectivity index (χ1v) is 11.6. The highest BCUT2D eigenvalue weighted by atomic mass is 35.5. The summed E-state index contributed by atoms with van der Waals surface area (Å²) in [6.45, 7) is 4.02. The molecule has 0 bridgehead atoms. The molecule has 0 amide bonds. The number of hydrogen-bond donors (Lipinski definition) is 1. The van der Waals surface area contributed by atoms with Crippen LogP contribution in [0.3, 0.4) is 0 Å². The fraction of sp³-hybridized carbons (Fsp3) is 0.333. The van der Waals surface area contributed by atoms with Crippen LogP contribution < -0.4 is 4.18 Å². The van der Waals surface area contributed by atoms with Gasteiger partial charge in [-0.05, 0) is 81.2 Å². The predicted molar refractivity (Wildman–Crippen MR) is 117 cm³/mol. The van der Waals surface area contributed by atoms with Crippen molar-refractivity contribution in [2.75, 3.05) is 20.1 Å². The summed E-state index contributed by atoms with van der Waals surface area (Å²) in [6, 6.07) is 8.03. The number of aromatic nitrogens is 1. The van der Waals surface area contributed by atoms with Gasteiger partial charge in [-0.3, -0.25) is 0 Å². The molecule has 1 aromatic heterocycles. The Kier molecular flexibility index (Phi) is 5.55. The van der Waals surface area contributed by atoms with Crippen molar-refractivity contribution in [1.29, 1.82) is 0 Å². The highest BCUT2D eigenvalue weighted by Gasteiger charge is 2.26. The monoisotopic (exact) mass is 452 g/mol. The third-order valence-corrected chi connectivity index (χ3v) is 7.73. The Bertz CT molecular complexity index is 1150. The summed E-state index contributed by atoms with van der Waals surface area (Å²) in [5, 5.41) is 1.06. The summed E-state index contributed by atoms with van der Waals surface area (Å²) >= 11 is 12.2. The molecule has 8 heteroatoms. The molecule has 0 atom stereocenters. The van der Waals surface area contributed by atoms with E-state index in [1.54, 1.807) is 18.2 Å². The van der Waals surface area contributed by atoms with Gasteiger partial charge in [-0.15, -0.1) is 0 Å². The van der Waals surface area contributed by atoms with Gasteiger partial charge in [0, 0.05) is 17.1 Å². The molecule has 2 aromatic carbocycles. The smallest absolute Gasteiger partial charge is 0.342 e. The van der Waals surface area contributed by atoms with Crippen LogP contribution in [0.15, 0.2) is 41.4 Å². The van der Waals surface area contributed by atoms with Crippen molar-refractivity contribution in [1.82, 2.24) is 9.88 Å². The first-order chi connectivity index (χ1) is 13.8. The SMILES string of the molecule is Cc1cc(OS(=O)(=O)c2c(Cl)cccc2Cl)cc2c(C3CCN(C)CC3)c[nH]c12. The number of aromatic amines is 1. The minimum absolute atomic E-state index is 0.0314. The van der Waals surface area contributed by atoms with Crippen LogP contribution in [0, 0.1) is 6.92 Å². The van der Waals surface area contributed by atoms with Crippen molar-refractivity contribution in [3.05, 3.63) is 57.7 Å². The maximum atomic E-state index is 12.8. The fourth-order valence-electron chi connectivity index (χ4n) is 4.00. The number of piperidine rings is 1. The second-order valence-corrected chi connectivity index (χ2v) is 9.87. The average Bonchev–Trinajstić information content (AvgIpc) is 3.06. The third kappa shape index (κ3) is 3.99. The maximum absolute atomic E-state index is 12.8. The lowest BCUT2D eigenvalue weighted by molar-refractivity contribution is 0.256. The number of nitrogens with one attached hydrogen (secondary N) is 1. The molecule has 3 aromatic rings. The highest BCUT2D eigenvalue weighted by molar-refractivity contribution is 7.87. The number of rotatable bonds is 4. The van der Waals surface area contributed by atoms with E-state index in [2.05, 4.69) is 16.9 Å². The second-order valence-electron chi connectivity index (χ2n) is 7.57. The number of benzene rings is 2. The van der Waals surface area contributed by atoms with Crippen LogP contribution in [0.4, 0.5) is 0 Å². The van der Waals surface area contributed by atoms with Crippen molar-refractivity contribution in [3.63, 3.8) is 0 Å². The van der Waals surface area contributed by atoms with E-state index in [-0.39, 0.29) is 20.7 Å². The Labute approximate surface area is 180 Å². The molecule has 0 spiro atoms. The molecule has 0 unspecified atom stereocenters. The Morgan fingerprint density at radius 2 is 1.79 bits per heavy atom. The molecule has 2 heterocycles. The molecule has 1 fully saturated rings. The highest BCUT2D eigenvalue weighted by Crippen LogP contribution is 2.37. The normalized spacial score (nSPS) is 16.4. The van der Waals surface area contributed by atoms with Crippen LogP contribution in [-0.4, -0.2) is 38.4 Å². The molecule has 5 nitrogen and oxygen atoms in total. The molecule has 4 rings (SSSR count). The van der Waals surface area contributed by atoms with Crippen LogP contribution in [0.5, 0.6) is 5.75 Å². The van der Waals surface area contributed by atoms with Crippen molar-refractivity contribution >= 4 is 44.2 Å².